The molecule has 0 amide bonds. The lowest BCUT2D eigenvalue weighted by Gasteiger charge is -2.27. The van der Waals surface area contributed by atoms with Gasteiger partial charge < -0.3 is 14.8 Å². The van der Waals surface area contributed by atoms with Gasteiger partial charge in [-0.25, -0.2) is 8.78 Å². The van der Waals surface area contributed by atoms with E-state index in [1.165, 1.54) is 12.1 Å². The number of hydrogen-bond acceptors (Lipinski definition) is 3. The summed E-state index contributed by atoms with van der Waals surface area (Å²) >= 11 is 0. The molecule has 0 aliphatic carbocycles. The maximum Gasteiger partial charge on any atom is 0.172 e. The summed E-state index contributed by atoms with van der Waals surface area (Å²) in [6.45, 7) is 7.50. The summed E-state index contributed by atoms with van der Waals surface area (Å²) in [5.74, 6) is -1.14. The average molecular weight is 287 g/mol. The quantitative estimate of drug-likeness (QED) is 0.708. The van der Waals surface area contributed by atoms with Crippen LogP contribution in [0.5, 0.6) is 0 Å². The molecular weight excluding hydrogens is 264 g/mol. The van der Waals surface area contributed by atoms with Crippen molar-refractivity contribution in [3.05, 3.63) is 35.4 Å². The highest BCUT2D eigenvalue weighted by atomic mass is 19.1. The van der Waals surface area contributed by atoms with Crippen LogP contribution >= 0.6 is 0 Å². The van der Waals surface area contributed by atoms with E-state index in [2.05, 4.69) is 5.32 Å². The molecule has 20 heavy (non-hydrogen) atoms. The molecule has 0 aromatic heterocycles. The number of rotatable bonds is 9. The molecule has 0 aliphatic rings. The summed E-state index contributed by atoms with van der Waals surface area (Å²) in [4.78, 5) is 0. The van der Waals surface area contributed by atoms with Crippen molar-refractivity contribution in [2.75, 3.05) is 19.8 Å². The van der Waals surface area contributed by atoms with Crippen LogP contribution in [0.2, 0.25) is 0 Å². The Balaban J connectivity index is 2.83. The Morgan fingerprint density at radius 3 is 2.00 bits per heavy atom. The predicted molar refractivity (Wildman–Crippen MR) is 74.6 cm³/mol. The fourth-order valence-electron chi connectivity index (χ4n) is 2.12. The maximum absolute atomic E-state index is 13.2. The van der Waals surface area contributed by atoms with Crippen molar-refractivity contribution in [3.8, 4) is 0 Å². The van der Waals surface area contributed by atoms with Crippen molar-refractivity contribution in [2.24, 2.45) is 0 Å². The molecule has 0 aliphatic heterocycles. The van der Waals surface area contributed by atoms with E-state index in [0.29, 0.717) is 25.2 Å². The van der Waals surface area contributed by atoms with Gasteiger partial charge >= 0.3 is 0 Å². The lowest BCUT2D eigenvalue weighted by Crippen LogP contribution is -2.44. The topological polar surface area (TPSA) is 30.5 Å². The van der Waals surface area contributed by atoms with Gasteiger partial charge in [-0.1, -0.05) is 6.92 Å². The third-order valence-electron chi connectivity index (χ3n) is 2.83. The number of halogens is 2. The van der Waals surface area contributed by atoms with Gasteiger partial charge in [-0.2, -0.15) is 0 Å². The van der Waals surface area contributed by atoms with Crippen LogP contribution in [0.1, 0.15) is 26.3 Å². The zero-order chi connectivity index (χ0) is 15.0. The Labute approximate surface area is 119 Å². The van der Waals surface area contributed by atoms with E-state index < -0.39 is 17.9 Å². The Hall–Kier alpha value is -1.04. The molecule has 1 aromatic rings. The number of benzene rings is 1. The van der Waals surface area contributed by atoms with Crippen molar-refractivity contribution in [1.82, 2.24) is 5.32 Å². The second kappa shape index (κ2) is 9.00. The Morgan fingerprint density at radius 1 is 1.00 bits per heavy atom. The predicted octanol–water partition coefficient (Wildman–Crippen LogP) is 2.88. The molecule has 1 N–H and O–H groups in total. The SMILES string of the molecule is CCNC(Cc1cc(F)cc(F)c1)C(OCC)OCC. The first-order valence-corrected chi connectivity index (χ1v) is 7.02. The molecular formula is C15H23F2NO2. The highest BCUT2D eigenvalue weighted by Gasteiger charge is 2.22. The minimum atomic E-state index is -0.570. The standard InChI is InChI=1S/C15H23F2NO2/c1-4-18-14(15(19-5-2)20-6-3)9-11-7-12(16)10-13(17)8-11/h7-8,10,14-15,18H,4-6,9H2,1-3H3. The molecule has 1 aromatic carbocycles. The smallest absolute Gasteiger partial charge is 0.172 e. The van der Waals surface area contributed by atoms with Crippen molar-refractivity contribution in [2.45, 2.75) is 39.5 Å². The van der Waals surface area contributed by atoms with Crippen LogP contribution in [0.4, 0.5) is 8.78 Å². The van der Waals surface area contributed by atoms with E-state index >= 15 is 0 Å². The zero-order valence-electron chi connectivity index (χ0n) is 12.3. The van der Waals surface area contributed by atoms with Crippen LogP contribution < -0.4 is 5.32 Å². The van der Waals surface area contributed by atoms with Gasteiger partial charge in [0.2, 0.25) is 0 Å². The van der Waals surface area contributed by atoms with Gasteiger partial charge in [0.15, 0.2) is 6.29 Å². The average Bonchev–Trinajstić information content (AvgIpc) is 2.37. The first-order valence-electron chi connectivity index (χ1n) is 7.02. The summed E-state index contributed by atoms with van der Waals surface area (Å²) in [7, 11) is 0. The number of likely N-dealkylation sites (N-methyl/N-ethyl adjacent to an activating group) is 1. The molecule has 5 heteroatoms. The molecule has 0 heterocycles. The second-order valence-corrected chi connectivity index (χ2v) is 4.43. The molecule has 0 bridgehead atoms. The van der Waals surface area contributed by atoms with Gasteiger partial charge in [-0.05, 0) is 44.5 Å². The minimum Gasteiger partial charge on any atom is -0.351 e. The van der Waals surface area contributed by atoms with Crippen LogP contribution in [0.3, 0.4) is 0 Å². The van der Waals surface area contributed by atoms with E-state index in [-0.39, 0.29) is 6.04 Å². The minimum absolute atomic E-state index is 0.152. The van der Waals surface area contributed by atoms with Crippen molar-refractivity contribution < 1.29 is 18.3 Å². The number of nitrogens with one attached hydrogen (secondary N) is 1. The van der Waals surface area contributed by atoms with E-state index in [1.54, 1.807) is 0 Å². The molecule has 3 nitrogen and oxygen atoms in total. The largest absolute Gasteiger partial charge is 0.351 e. The van der Waals surface area contributed by atoms with Gasteiger partial charge in [0.05, 0.1) is 6.04 Å². The third kappa shape index (κ3) is 5.53. The first-order chi connectivity index (χ1) is 9.60. The Morgan fingerprint density at radius 2 is 1.55 bits per heavy atom. The van der Waals surface area contributed by atoms with Crippen LogP contribution in [-0.2, 0) is 15.9 Å². The normalized spacial score (nSPS) is 12.9. The highest BCUT2D eigenvalue weighted by molar-refractivity contribution is 5.19. The summed E-state index contributed by atoms with van der Waals surface area (Å²) in [5.41, 5.74) is 0.581. The van der Waals surface area contributed by atoms with Crippen molar-refractivity contribution >= 4 is 0 Å². The second-order valence-electron chi connectivity index (χ2n) is 4.43. The van der Waals surface area contributed by atoms with Gasteiger partial charge in [0.1, 0.15) is 11.6 Å². The number of ether oxygens (including phenoxy) is 2. The first kappa shape index (κ1) is 17.0. The van der Waals surface area contributed by atoms with Crippen LogP contribution in [-0.4, -0.2) is 32.1 Å². The molecule has 0 radical (unpaired) electrons. The maximum atomic E-state index is 13.2. The van der Waals surface area contributed by atoms with E-state index in [4.69, 9.17) is 9.47 Å². The van der Waals surface area contributed by atoms with Crippen LogP contribution in [0, 0.1) is 11.6 Å². The summed E-state index contributed by atoms with van der Waals surface area (Å²) in [6, 6.07) is 3.39. The van der Waals surface area contributed by atoms with E-state index in [9.17, 15) is 8.78 Å². The molecule has 1 atom stereocenters. The molecule has 0 saturated carbocycles. The molecule has 0 spiro atoms. The van der Waals surface area contributed by atoms with Crippen LogP contribution in [0.15, 0.2) is 18.2 Å². The molecule has 1 rings (SSSR count). The Bertz CT molecular complexity index is 375. The van der Waals surface area contributed by atoms with E-state index in [0.717, 1.165) is 12.6 Å². The fraction of sp³-hybridized carbons (Fsp3) is 0.600. The summed E-state index contributed by atoms with van der Waals surface area (Å²) in [5, 5.41) is 3.24. The molecule has 0 fully saturated rings. The van der Waals surface area contributed by atoms with Crippen molar-refractivity contribution in [1.29, 1.82) is 0 Å². The van der Waals surface area contributed by atoms with Gasteiger partial charge in [0.25, 0.3) is 0 Å². The van der Waals surface area contributed by atoms with E-state index in [1.807, 2.05) is 20.8 Å². The van der Waals surface area contributed by atoms with Crippen LogP contribution in [0.25, 0.3) is 0 Å². The Kier molecular flexibility index (Phi) is 7.65. The fourth-order valence-corrected chi connectivity index (χ4v) is 2.12. The van der Waals surface area contributed by atoms with Gasteiger partial charge in [-0.3, -0.25) is 0 Å². The van der Waals surface area contributed by atoms with Gasteiger partial charge in [0, 0.05) is 19.3 Å². The monoisotopic (exact) mass is 287 g/mol. The molecule has 0 saturated heterocycles. The number of hydrogen-bond donors (Lipinski definition) is 1. The van der Waals surface area contributed by atoms with Gasteiger partial charge in [-0.15, -0.1) is 0 Å². The molecule has 114 valence electrons. The highest BCUT2D eigenvalue weighted by Crippen LogP contribution is 2.13. The zero-order valence-corrected chi connectivity index (χ0v) is 12.3. The van der Waals surface area contributed by atoms with Crippen molar-refractivity contribution in [3.63, 3.8) is 0 Å². The molecule has 1 unspecified atom stereocenters. The lowest BCUT2D eigenvalue weighted by atomic mass is 10.0. The third-order valence-corrected chi connectivity index (χ3v) is 2.83. The lowest BCUT2D eigenvalue weighted by molar-refractivity contribution is -0.153. The summed E-state index contributed by atoms with van der Waals surface area (Å²) < 4.78 is 37.6. The summed E-state index contributed by atoms with van der Waals surface area (Å²) in [6.07, 6.45) is 0.00368.